The molecular weight excluding hydrogens is 410 g/mol. The summed E-state index contributed by atoms with van der Waals surface area (Å²) in [7, 11) is -2.51. The van der Waals surface area contributed by atoms with Crippen LogP contribution in [0.5, 0.6) is 11.5 Å². The standard InChI is InChI=1S/C21H25NO7S/c1-22(11-12-2-3-12)9-8-20-17-13-4-5-15(29-30(25,26)27)18(17)28-19(20)14(23)6-7-21(20,24)16(22)10-13/h4-5,12,16,19,24H,2-3,6-11H2,1H3/p+1/t16-,19+,20+,21-,22?/m1/s1. The molecule has 0 aromatic heterocycles. The zero-order chi connectivity index (χ0) is 21.1. The number of carbonyl (C=O) groups is 1. The third-order valence-corrected chi connectivity index (χ3v) is 8.85. The van der Waals surface area contributed by atoms with Crippen LogP contribution in [0.25, 0.3) is 0 Å². The third kappa shape index (κ3) is 2.26. The Morgan fingerprint density at radius 2 is 2.07 bits per heavy atom. The Morgan fingerprint density at radius 1 is 1.30 bits per heavy atom. The lowest BCUT2D eigenvalue weighted by atomic mass is 9.48. The monoisotopic (exact) mass is 436 g/mol. The molecule has 1 spiro atoms. The van der Waals surface area contributed by atoms with E-state index in [-0.39, 0.29) is 29.7 Å². The molecule has 162 valence electrons. The number of likely N-dealkylation sites (tertiary alicyclic amines) is 1. The Labute approximate surface area is 175 Å². The van der Waals surface area contributed by atoms with Crippen molar-refractivity contribution in [2.45, 2.75) is 61.7 Å². The highest BCUT2D eigenvalue weighted by Gasteiger charge is 2.76. The van der Waals surface area contributed by atoms with Gasteiger partial charge in [0.05, 0.1) is 25.6 Å². The van der Waals surface area contributed by atoms with Gasteiger partial charge in [-0.2, -0.15) is 8.42 Å². The largest absolute Gasteiger partial charge is 0.477 e. The topological polar surface area (TPSA) is 110 Å². The van der Waals surface area contributed by atoms with E-state index >= 15 is 0 Å². The van der Waals surface area contributed by atoms with E-state index in [4.69, 9.17) is 8.92 Å². The van der Waals surface area contributed by atoms with Gasteiger partial charge in [0.2, 0.25) is 0 Å². The summed E-state index contributed by atoms with van der Waals surface area (Å²) in [5, 5.41) is 12.3. The van der Waals surface area contributed by atoms with Crippen molar-refractivity contribution in [1.82, 2.24) is 0 Å². The van der Waals surface area contributed by atoms with Crippen molar-refractivity contribution in [1.29, 1.82) is 0 Å². The highest BCUT2D eigenvalue weighted by atomic mass is 32.3. The van der Waals surface area contributed by atoms with E-state index < -0.39 is 27.5 Å². The van der Waals surface area contributed by atoms with Gasteiger partial charge in [-0.25, -0.2) is 0 Å². The number of carbonyl (C=O) groups excluding carboxylic acids is 1. The van der Waals surface area contributed by atoms with E-state index in [1.165, 1.54) is 18.9 Å². The van der Waals surface area contributed by atoms with E-state index in [1.54, 1.807) is 6.07 Å². The second-order valence-corrected chi connectivity index (χ2v) is 11.1. The van der Waals surface area contributed by atoms with E-state index in [0.29, 0.717) is 30.7 Å². The zero-order valence-corrected chi connectivity index (χ0v) is 17.7. The van der Waals surface area contributed by atoms with Gasteiger partial charge < -0.3 is 18.5 Å². The van der Waals surface area contributed by atoms with Gasteiger partial charge in [0.25, 0.3) is 0 Å². The Bertz CT molecular complexity index is 1080. The average Bonchev–Trinajstić information content (AvgIpc) is 3.38. The van der Waals surface area contributed by atoms with Crippen LogP contribution in [-0.2, 0) is 27.0 Å². The molecule has 3 fully saturated rings. The maximum Gasteiger partial charge on any atom is 0.446 e. The van der Waals surface area contributed by atoms with E-state index in [2.05, 4.69) is 7.05 Å². The van der Waals surface area contributed by atoms with Crippen molar-refractivity contribution in [3.63, 3.8) is 0 Å². The van der Waals surface area contributed by atoms with Gasteiger partial charge in [0.15, 0.2) is 23.4 Å². The van der Waals surface area contributed by atoms with Gasteiger partial charge in [0, 0.05) is 30.7 Å². The minimum absolute atomic E-state index is 0.0437. The fraction of sp³-hybridized carbons (Fsp3) is 0.667. The number of Topliss-reactive ketones (excluding diaryl/α,β-unsaturated/α-hetero) is 1. The van der Waals surface area contributed by atoms with Crippen LogP contribution < -0.4 is 8.92 Å². The molecule has 6 rings (SSSR count). The molecule has 9 heteroatoms. The van der Waals surface area contributed by atoms with Crippen LogP contribution in [0.15, 0.2) is 12.1 Å². The van der Waals surface area contributed by atoms with Crippen molar-refractivity contribution >= 4 is 16.2 Å². The molecule has 30 heavy (non-hydrogen) atoms. The zero-order valence-electron chi connectivity index (χ0n) is 16.8. The van der Waals surface area contributed by atoms with Crippen molar-refractivity contribution in [3.8, 4) is 11.5 Å². The first-order valence-corrected chi connectivity index (χ1v) is 12.0. The lowest BCUT2D eigenvalue weighted by Crippen LogP contribution is -2.80. The van der Waals surface area contributed by atoms with E-state index in [0.717, 1.165) is 23.1 Å². The molecule has 2 N–H and O–H groups in total. The summed E-state index contributed by atoms with van der Waals surface area (Å²) in [6.07, 6.45) is 3.48. The molecule has 2 aliphatic heterocycles. The molecule has 1 aromatic rings. The van der Waals surface area contributed by atoms with Crippen LogP contribution >= 0.6 is 0 Å². The SMILES string of the molecule is C[N+]1(CC2CC2)CC[C@]23c4c5ccc(OS(=O)(=O)O)c4O[C@H]2C(=O)CC[C@@]3(O)[C@H]1C5. The van der Waals surface area contributed by atoms with E-state index in [1.807, 2.05) is 0 Å². The Hall–Kier alpha value is -1.68. The highest BCUT2D eigenvalue weighted by Crippen LogP contribution is 2.66. The second kappa shape index (κ2) is 5.56. The van der Waals surface area contributed by atoms with Crippen LogP contribution in [0.3, 0.4) is 0 Å². The van der Waals surface area contributed by atoms with E-state index in [9.17, 15) is 22.9 Å². The van der Waals surface area contributed by atoms with Crippen LogP contribution in [0.1, 0.15) is 43.2 Å². The van der Waals surface area contributed by atoms with Gasteiger partial charge in [0.1, 0.15) is 11.6 Å². The summed E-state index contributed by atoms with van der Waals surface area (Å²) in [6, 6.07) is 3.23. The van der Waals surface area contributed by atoms with Crippen LogP contribution in [-0.4, -0.2) is 66.2 Å². The number of aliphatic hydroxyl groups is 1. The Morgan fingerprint density at radius 3 is 2.77 bits per heavy atom. The van der Waals surface area contributed by atoms with Crippen LogP contribution in [0, 0.1) is 5.92 Å². The molecule has 2 heterocycles. The summed E-state index contributed by atoms with van der Waals surface area (Å²) in [5.41, 5.74) is -0.323. The summed E-state index contributed by atoms with van der Waals surface area (Å²) in [4.78, 5) is 13.0. The summed E-state index contributed by atoms with van der Waals surface area (Å²) in [6.45, 7) is 1.87. The summed E-state index contributed by atoms with van der Waals surface area (Å²) < 4.78 is 43.6. The van der Waals surface area contributed by atoms with Gasteiger partial charge in [-0.3, -0.25) is 9.35 Å². The fourth-order valence-electron chi connectivity index (χ4n) is 7.11. The van der Waals surface area contributed by atoms with Gasteiger partial charge >= 0.3 is 10.4 Å². The molecule has 8 nitrogen and oxygen atoms in total. The summed E-state index contributed by atoms with van der Waals surface area (Å²) >= 11 is 0. The third-order valence-electron chi connectivity index (χ3n) is 8.46. The average molecular weight is 437 g/mol. The maximum atomic E-state index is 13.0. The molecule has 0 amide bonds. The minimum Gasteiger partial charge on any atom is -0.477 e. The predicted octanol–water partition coefficient (Wildman–Crippen LogP) is 1.15. The molecular formula is C21H26NO7S+. The molecule has 2 saturated carbocycles. The maximum absolute atomic E-state index is 13.0. The number of quaternary nitrogens is 1. The van der Waals surface area contributed by atoms with Gasteiger partial charge in [-0.1, -0.05) is 6.07 Å². The van der Waals surface area contributed by atoms with Crippen LogP contribution in [0.4, 0.5) is 0 Å². The predicted molar refractivity (Wildman–Crippen MR) is 105 cm³/mol. The first kappa shape index (κ1) is 19.0. The number of likely N-dealkylation sites (N-methyl/N-ethyl adjacent to an activating group) is 1. The molecule has 0 radical (unpaired) electrons. The molecule has 1 unspecified atom stereocenters. The van der Waals surface area contributed by atoms with Crippen molar-refractivity contribution < 1.29 is 36.3 Å². The molecule has 1 saturated heterocycles. The number of hydrogen-bond acceptors (Lipinski definition) is 6. The molecule has 5 atom stereocenters. The molecule has 3 aliphatic carbocycles. The number of ether oxygens (including phenoxy) is 1. The van der Waals surface area contributed by atoms with Crippen molar-refractivity contribution in [2.24, 2.45) is 5.92 Å². The van der Waals surface area contributed by atoms with Gasteiger partial charge in [-0.15, -0.1) is 0 Å². The molecule has 5 aliphatic rings. The first-order valence-electron chi connectivity index (χ1n) is 10.7. The first-order chi connectivity index (χ1) is 14.1. The lowest BCUT2D eigenvalue weighted by molar-refractivity contribution is -0.950. The molecule has 1 aromatic carbocycles. The summed E-state index contributed by atoms with van der Waals surface area (Å²) in [5.74, 6) is 0.685. The fourth-order valence-corrected chi connectivity index (χ4v) is 7.47. The van der Waals surface area contributed by atoms with Crippen molar-refractivity contribution in [3.05, 3.63) is 23.3 Å². The highest BCUT2D eigenvalue weighted by molar-refractivity contribution is 7.81. The quantitative estimate of drug-likeness (QED) is 0.538. The number of ketones is 1. The smallest absolute Gasteiger partial charge is 0.446 e. The minimum atomic E-state index is -4.75. The Kier molecular flexibility index (Phi) is 3.53. The van der Waals surface area contributed by atoms with Crippen LogP contribution in [0.2, 0.25) is 0 Å². The second-order valence-electron chi connectivity index (χ2n) is 10.1. The lowest BCUT2D eigenvalue weighted by Gasteiger charge is -2.64. The number of nitrogens with zero attached hydrogens (tertiary/aromatic N) is 1. The number of rotatable bonds is 4. The van der Waals surface area contributed by atoms with Crippen molar-refractivity contribution in [2.75, 3.05) is 20.1 Å². The molecule has 2 bridgehead atoms. The number of benzene rings is 1. The van der Waals surface area contributed by atoms with Gasteiger partial charge in [-0.05, 0) is 30.9 Å². The normalized spacial score (nSPS) is 41.2. The number of piperidine rings is 1. The Balaban J connectivity index is 1.57. The number of hydrogen-bond donors (Lipinski definition) is 2.